The van der Waals surface area contributed by atoms with Gasteiger partial charge in [0, 0.05) is 11.8 Å². The zero-order valence-electron chi connectivity index (χ0n) is 21.7. The van der Waals surface area contributed by atoms with Crippen molar-refractivity contribution in [3.05, 3.63) is 76.2 Å². The van der Waals surface area contributed by atoms with Crippen molar-refractivity contribution in [2.24, 2.45) is 0 Å². The Hall–Kier alpha value is -4.02. The average molecular weight is 519 g/mol. The highest BCUT2D eigenvalue weighted by Gasteiger charge is 2.45. The van der Waals surface area contributed by atoms with Crippen LogP contribution in [-0.2, 0) is 19.1 Å². The van der Waals surface area contributed by atoms with Gasteiger partial charge in [-0.15, -0.1) is 0 Å². The molecule has 2 aliphatic heterocycles. The van der Waals surface area contributed by atoms with Crippen molar-refractivity contribution in [3.63, 3.8) is 0 Å². The number of ether oxygens (including phenoxy) is 2. The maximum atomic E-state index is 14.1. The van der Waals surface area contributed by atoms with E-state index in [0.717, 1.165) is 18.7 Å². The molecule has 1 atom stereocenters. The predicted octanol–water partition coefficient (Wildman–Crippen LogP) is -0.123. The van der Waals surface area contributed by atoms with Crippen molar-refractivity contribution < 1.29 is 33.9 Å². The molecule has 38 heavy (non-hydrogen) atoms. The zero-order chi connectivity index (χ0) is 27.0. The smallest absolute Gasteiger partial charge is 0.337 e. The number of benzene rings is 1. The number of rotatable bonds is 6. The number of carbonyl (C=O) groups is 3. The normalized spacial score (nSPS) is 19.9. The van der Waals surface area contributed by atoms with E-state index in [1.54, 1.807) is 41.8 Å². The Labute approximate surface area is 220 Å². The number of morpholine rings is 1. The summed E-state index contributed by atoms with van der Waals surface area (Å²) in [5.74, 6) is -2.54. The van der Waals surface area contributed by atoms with Gasteiger partial charge in [0.1, 0.15) is 18.7 Å². The van der Waals surface area contributed by atoms with E-state index in [1.807, 2.05) is 19.1 Å². The van der Waals surface area contributed by atoms with Gasteiger partial charge in [-0.05, 0) is 43.2 Å². The van der Waals surface area contributed by atoms with Crippen LogP contribution in [0.3, 0.4) is 0 Å². The topological polar surface area (TPSA) is 118 Å². The molecule has 10 heteroatoms. The number of esters is 1. The van der Waals surface area contributed by atoms with E-state index in [0.29, 0.717) is 48.8 Å². The molecule has 2 aliphatic rings. The highest BCUT2D eigenvalue weighted by atomic mass is 16.5. The summed E-state index contributed by atoms with van der Waals surface area (Å²) in [5.41, 5.74) is 3.04. The highest BCUT2D eigenvalue weighted by molar-refractivity contribution is 6.46. The van der Waals surface area contributed by atoms with Crippen LogP contribution in [0.4, 0.5) is 0 Å². The van der Waals surface area contributed by atoms with Crippen LogP contribution in [0.2, 0.25) is 0 Å². The van der Waals surface area contributed by atoms with Crippen LogP contribution in [0.15, 0.2) is 48.2 Å². The number of fused-ring (bicyclic) bond motifs is 1. The summed E-state index contributed by atoms with van der Waals surface area (Å²) in [6.07, 6.45) is 1.73. The predicted molar refractivity (Wildman–Crippen MR) is 135 cm³/mol. The number of quaternary nitrogens is 1. The Balaban J connectivity index is 1.62. The molecule has 2 aromatic heterocycles. The number of hydrogen-bond acceptors (Lipinski definition) is 7. The molecule has 1 N–H and O–H groups in total. The number of aryl methyl sites for hydroxylation is 2. The molecule has 10 nitrogen and oxygen atoms in total. The van der Waals surface area contributed by atoms with E-state index in [-0.39, 0.29) is 11.3 Å². The number of pyridine rings is 1. The lowest BCUT2D eigenvalue weighted by Crippen LogP contribution is -3.14. The number of ketones is 1. The van der Waals surface area contributed by atoms with Crippen LogP contribution in [-0.4, -0.2) is 78.4 Å². The molecule has 1 aromatic carbocycles. The van der Waals surface area contributed by atoms with Gasteiger partial charge in [0.25, 0.3) is 5.91 Å². The summed E-state index contributed by atoms with van der Waals surface area (Å²) in [7, 11) is 1.30. The first kappa shape index (κ1) is 25.6. The molecule has 0 bridgehead atoms. The number of carbonyl (C=O) groups excluding carboxylic acids is 3. The third kappa shape index (κ3) is 4.46. The van der Waals surface area contributed by atoms with Crippen LogP contribution in [0, 0.1) is 13.8 Å². The summed E-state index contributed by atoms with van der Waals surface area (Å²) in [6.45, 7) is 7.44. The standard InChI is InChI=1S/C28H30N4O6/c1-17-5-4-10-31-22(18(2)29-26(17)31)24(33)21-23(19-6-8-20(9-7-19)28(36)37-3)32(27(35)25(21)34)12-11-30-13-15-38-16-14-30/h4-10,23,33H,11-16H2,1-3H3. The fraction of sp³-hybridized carbons (Fsp3) is 0.357. The van der Waals surface area contributed by atoms with Gasteiger partial charge in [0.2, 0.25) is 5.78 Å². The Bertz CT molecular complexity index is 1440. The number of amides is 1. The van der Waals surface area contributed by atoms with Gasteiger partial charge >= 0.3 is 5.97 Å². The first-order valence-electron chi connectivity index (χ1n) is 12.6. The molecule has 0 radical (unpaired) electrons. The van der Waals surface area contributed by atoms with Crippen molar-refractivity contribution in [1.29, 1.82) is 0 Å². The van der Waals surface area contributed by atoms with Crippen LogP contribution in [0.5, 0.6) is 0 Å². The monoisotopic (exact) mass is 518 g/mol. The average Bonchev–Trinajstić information content (AvgIpc) is 3.41. The lowest BCUT2D eigenvalue weighted by atomic mass is 9.95. The van der Waals surface area contributed by atoms with Crippen molar-refractivity contribution in [1.82, 2.24) is 14.3 Å². The lowest BCUT2D eigenvalue weighted by Gasteiger charge is -2.30. The molecule has 2 fully saturated rings. The number of hydrogen-bond donors (Lipinski definition) is 1. The first-order chi connectivity index (χ1) is 18.3. The molecule has 198 valence electrons. The zero-order valence-corrected chi connectivity index (χ0v) is 21.7. The third-order valence-electron chi connectivity index (χ3n) is 7.32. The molecular formula is C28H30N4O6. The molecule has 4 heterocycles. The minimum atomic E-state index is -0.885. The molecule has 1 amide bonds. The Kier molecular flexibility index (Phi) is 7.00. The highest BCUT2D eigenvalue weighted by Crippen LogP contribution is 2.39. The van der Waals surface area contributed by atoms with E-state index in [1.165, 1.54) is 16.9 Å². The SMILES string of the molecule is COC(=O)c1ccc(C2C(=C([O-])c3c(C)nc4c(C)cccn34)C(=O)C(=O)N2CC[NH+]2CCOCC2)cc1. The van der Waals surface area contributed by atoms with Crippen LogP contribution >= 0.6 is 0 Å². The van der Waals surface area contributed by atoms with E-state index >= 15 is 0 Å². The Morgan fingerprint density at radius 2 is 1.87 bits per heavy atom. The van der Waals surface area contributed by atoms with Crippen LogP contribution < -0.4 is 10.0 Å². The number of aromatic nitrogens is 2. The van der Waals surface area contributed by atoms with Crippen molar-refractivity contribution >= 4 is 29.1 Å². The molecule has 5 rings (SSSR count). The van der Waals surface area contributed by atoms with Gasteiger partial charge in [-0.2, -0.15) is 0 Å². The Morgan fingerprint density at radius 1 is 1.16 bits per heavy atom. The van der Waals surface area contributed by atoms with E-state index < -0.39 is 29.5 Å². The second kappa shape index (κ2) is 10.4. The summed E-state index contributed by atoms with van der Waals surface area (Å²) in [4.78, 5) is 46.1. The molecule has 3 aromatic rings. The van der Waals surface area contributed by atoms with Gasteiger partial charge < -0.3 is 28.8 Å². The third-order valence-corrected chi connectivity index (χ3v) is 7.32. The van der Waals surface area contributed by atoms with E-state index in [2.05, 4.69) is 4.98 Å². The maximum Gasteiger partial charge on any atom is 0.337 e. The van der Waals surface area contributed by atoms with Crippen LogP contribution in [0.1, 0.15) is 38.9 Å². The molecule has 1 unspecified atom stereocenters. The molecule has 2 saturated heterocycles. The first-order valence-corrected chi connectivity index (χ1v) is 12.6. The van der Waals surface area contributed by atoms with Gasteiger partial charge in [-0.1, -0.05) is 24.0 Å². The van der Waals surface area contributed by atoms with Gasteiger partial charge in [-0.25, -0.2) is 9.78 Å². The summed E-state index contributed by atoms with van der Waals surface area (Å²) < 4.78 is 11.9. The maximum absolute atomic E-state index is 14.1. The second-order valence-corrected chi connectivity index (χ2v) is 9.63. The van der Waals surface area contributed by atoms with E-state index in [9.17, 15) is 19.5 Å². The second-order valence-electron chi connectivity index (χ2n) is 9.63. The molecule has 0 aliphatic carbocycles. The number of likely N-dealkylation sites (tertiary alicyclic amines) is 1. The number of nitrogens with one attached hydrogen (secondary N) is 1. The van der Waals surface area contributed by atoms with Crippen molar-refractivity contribution in [2.75, 3.05) is 46.5 Å². The minimum absolute atomic E-state index is 0.107. The number of nitrogens with zero attached hydrogens (tertiary/aromatic N) is 3. The number of Topliss-reactive ketones (excluding diaryl/α,β-unsaturated/α-hetero) is 1. The summed E-state index contributed by atoms with van der Waals surface area (Å²) in [6, 6.07) is 9.30. The summed E-state index contributed by atoms with van der Waals surface area (Å²) in [5, 5.41) is 14.1. The number of imidazole rings is 1. The quantitative estimate of drug-likeness (QED) is 0.209. The molecular weight excluding hydrogens is 488 g/mol. The summed E-state index contributed by atoms with van der Waals surface area (Å²) >= 11 is 0. The lowest BCUT2D eigenvalue weighted by molar-refractivity contribution is -0.907. The largest absolute Gasteiger partial charge is 0.871 e. The number of methoxy groups -OCH3 is 1. The fourth-order valence-corrected chi connectivity index (χ4v) is 5.27. The van der Waals surface area contributed by atoms with Gasteiger partial charge in [0.15, 0.2) is 0 Å². The van der Waals surface area contributed by atoms with Crippen molar-refractivity contribution in [2.45, 2.75) is 19.9 Å². The Morgan fingerprint density at radius 3 is 2.55 bits per heavy atom. The molecule has 0 spiro atoms. The van der Waals surface area contributed by atoms with Gasteiger partial charge in [0.05, 0.1) is 56.4 Å². The van der Waals surface area contributed by atoms with E-state index in [4.69, 9.17) is 9.47 Å². The molecule has 0 saturated carbocycles. The van der Waals surface area contributed by atoms with Crippen molar-refractivity contribution in [3.8, 4) is 0 Å². The fourth-order valence-electron chi connectivity index (χ4n) is 5.27. The van der Waals surface area contributed by atoms with Crippen LogP contribution in [0.25, 0.3) is 11.4 Å². The van der Waals surface area contributed by atoms with Gasteiger partial charge in [-0.3, -0.25) is 9.59 Å². The minimum Gasteiger partial charge on any atom is -0.871 e.